The lowest BCUT2D eigenvalue weighted by atomic mass is 9.88. The highest BCUT2D eigenvalue weighted by molar-refractivity contribution is 8.01. The summed E-state index contributed by atoms with van der Waals surface area (Å²) >= 11 is 1.79. The first-order chi connectivity index (χ1) is 9.54. The third-order valence-electron chi connectivity index (χ3n) is 4.12. The molecule has 1 aromatic rings. The topological polar surface area (TPSA) is 17.1 Å². The van der Waals surface area contributed by atoms with Crippen molar-refractivity contribution in [2.75, 3.05) is 5.75 Å². The molecule has 110 valence electrons. The molecule has 0 saturated carbocycles. The van der Waals surface area contributed by atoms with Gasteiger partial charge in [0.15, 0.2) is 5.78 Å². The Labute approximate surface area is 127 Å². The Balaban J connectivity index is 2.11. The van der Waals surface area contributed by atoms with E-state index in [4.69, 9.17) is 0 Å². The van der Waals surface area contributed by atoms with Gasteiger partial charge in [-0.25, -0.2) is 0 Å². The molecule has 0 bridgehead atoms. The van der Waals surface area contributed by atoms with Crippen molar-refractivity contribution in [3.05, 3.63) is 34.9 Å². The lowest BCUT2D eigenvalue weighted by Crippen LogP contribution is -2.28. The number of benzene rings is 1. The van der Waals surface area contributed by atoms with E-state index < -0.39 is 0 Å². The van der Waals surface area contributed by atoms with Crippen molar-refractivity contribution in [3.63, 3.8) is 0 Å². The molecule has 0 unspecified atom stereocenters. The van der Waals surface area contributed by atoms with Crippen LogP contribution in [0.25, 0.3) is 0 Å². The highest BCUT2D eigenvalue weighted by Gasteiger charge is 2.29. The molecule has 0 atom stereocenters. The van der Waals surface area contributed by atoms with Crippen molar-refractivity contribution in [3.8, 4) is 0 Å². The van der Waals surface area contributed by atoms with Crippen molar-refractivity contribution in [1.29, 1.82) is 0 Å². The number of hydrogen-bond donors (Lipinski definition) is 0. The second kappa shape index (κ2) is 6.80. The molecule has 20 heavy (non-hydrogen) atoms. The fraction of sp³-hybridized carbons (Fsp3) is 0.611. The van der Waals surface area contributed by atoms with E-state index in [1.807, 2.05) is 6.07 Å². The average Bonchev–Trinajstić information content (AvgIpc) is 2.46. The molecule has 1 aromatic carbocycles. The summed E-state index contributed by atoms with van der Waals surface area (Å²) in [6, 6.07) is 6.36. The van der Waals surface area contributed by atoms with Gasteiger partial charge in [-0.1, -0.05) is 25.5 Å². The van der Waals surface area contributed by atoms with E-state index in [-0.39, 0.29) is 10.5 Å². The number of rotatable bonds is 6. The van der Waals surface area contributed by atoms with Crippen molar-refractivity contribution < 1.29 is 4.79 Å². The fourth-order valence-corrected chi connectivity index (χ4v) is 3.95. The van der Waals surface area contributed by atoms with Gasteiger partial charge in [-0.2, -0.15) is 0 Å². The second-order valence-electron chi connectivity index (χ2n) is 6.23. The van der Waals surface area contributed by atoms with Gasteiger partial charge in [-0.3, -0.25) is 4.79 Å². The summed E-state index contributed by atoms with van der Waals surface area (Å²) in [6.45, 7) is 6.32. The summed E-state index contributed by atoms with van der Waals surface area (Å²) in [4.78, 5) is 12.7. The van der Waals surface area contributed by atoms with Crippen LogP contribution in [-0.2, 0) is 12.8 Å². The van der Waals surface area contributed by atoms with E-state index in [0.717, 1.165) is 17.7 Å². The molecule has 0 N–H and O–H groups in total. The maximum Gasteiger partial charge on any atom is 0.178 e. The monoisotopic (exact) mass is 290 g/mol. The average molecular weight is 290 g/mol. The van der Waals surface area contributed by atoms with E-state index >= 15 is 0 Å². The number of unbranched alkanes of at least 4 members (excludes halogenated alkanes) is 1. The van der Waals surface area contributed by atoms with Crippen LogP contribution in [0.1, 0.15) is 67.9 Å². The van der Waals surface area contributed by atoms with Crippen molar-refractivity contribution in [2.45, 2.75) is 64.0 Å². The highest BCUT2D eigenvalue weighted by Crippen LogP contribution is 2.31. The SMILES string of the molecule is CCCCSC(C)(C)C(=O)c1ccc2c(c1)CCCC2. The molecule has 0 radical (unpaired) electrons. The van der Waals surface area contributed by atoms with Gasteiger partial charge >= 0.3 is 0 Å². The van der Waals surface area contributed by atoms with Crippen LogP contribution in [-0.4, -0.2) is 16.3 Å². The summed E-state index contributed by atoms with van der Waals surface area (Å²) in [6.07, 6.45) is 7.25. The molecule has 0 spiro atoms. The number of carbonyl (C=O) groups excluding carboxylic acids is 1. The molecule has 1 aliphatic rings. The Kier molecular flexibility index (Phi) is 5.31. The molecule has 0 heterocycles. The van der Waals surface area contributed by atoms with Gasteiger partial charge < -0.3 is 0 Å². The molecule has 0 saturated heterocycles. The minimum atomic E-state index is -0.307. The Morgan fingerprint density at radius 3 is 2.60 bits per heavy atom. The normalized spacial score (nSPS) is 14.9. The van der Waals surface area contributed by atoms with Gasteiger partial charge in [0.05, 0.1) is 4.75 Å². The molecular formula is C18H26OS. The minimum absolute atomic E-state index is 0.284. The summed E-state index contributed by atoms with van der Waals surface area (Å²) in [5.41, 5.74) is 3.75. The Hall–Kier alpha value is -0.760. The van der Waals surface area contributed by atoms with E-state index in [9.17, 15) is 4.79 Å². The lowest BCUT2D eigenvalue weighted by molar-refractivity contribution is 0.0958. The maximum atomic E-state index is 12.7. The van der Waals surface area contributed by atoms with E-state index in [1.165, 1.54) is 43.2 Å². The zero-order valence-corrected chi connectivity index (χ0v) is 13.8. The largest absolute Gasteiger partial charge is 0.293 e. The highest BCUT2D eigenvalue weighted by atomic mass is 32.2. The third-order valence-corrected chi connectivity index (χ3v) is 5.52. The predicted molar refractivity (Wildman–Crippen MR) is 88.9 cm³/mol. The van der Waals surface area contributed by atoms with E-state index in [2.05, 4.69) is 32.9 Å². The smallest absolute Gasteiger partial charge is 0.178 e. The van der Waals surface area contributed by atoms with Gasteiger partial charge in [0.1, 0.15) is 0 Å². The summed E-state index contributed by atoms with van der Waals surface area (Å²) < 4.78 is -0.307. The Morgan fingerprint density at radius 2 is 1.90 bits per heavy atom. The summed E-state index contributed by atoms with van der Waals surface area (Å²) in [5, 5.41) is 0. The molecule has 2 rings (SSSR count). The van der Waals surface area contributed by atoms with Crippen LogP contribution in [0.15, 0.2) is 18.2 Å². The number of carbonyl (C=O) groups is 1. The van der Waals surface area contributed by atoms with Crippen molar-refractivity contribution in [2.24, 2.45) is 0 Å². The molecule has 0 aliphatic heterocycles. The number of aryl methyl sites for hydroxylation is 2. The fourth-order valence-electron chi connectivity index (χ4n) is 2.76. The minimum Gasteiger partial charge on any atom is -0.293 e. The Morgan fingerprint density at radius 1 is 1.20 bits per heavy atom. The van der Waals surface area contributed by atoms with Gasteiger partial charge in [0, 0.05) is 5.56 Å². The van der Waals surface area contributed by atoms with Crippen LogP contribution in [0.4, 0.5) is 0 Å². The molecular weight excluding hydrogens is 264 g/mol. The van der Waals surface area contributed by atoms with Gasteiger partial charge in [-0.15, -0.1) is 11.8 Å². The molecule has 2 heteroatoms. The van der Waals surface area contributed by atoms with Crippen molar-refractivity contribution in [1.82, 2.24) is 0 Å². The van der Waals surface area contributed by atoms with Crippen LogP contribution >= 0.6 is 11.8 Å². The third kappa shape index (κ3) is 3.66. The first-order valence-electron chi connectivity index (χ1n) is 7.85. The number of thioether (sulfide) groups is 1. The molecule has 0 fully saturated rings. The number of Topliss-reactive ketones (excluding diaryl/α,β-unsaturated/α-hetero) is 1. The zero-order valence-electron chi connectivity index (χ0n) is 13.0. The number of hydrogen-bond acceptors (Lipinski definition) is 2. The molecule has 1 nitrogen and oxygen atoms in total. The van der Waals surface area contributed by atoms with Crippen LogP contribution in [0, 0.1) is 0 Å². The molecule has 0 aromatic heterocycles. The zero-order chi connectivity index (χ0) is 14.6. The number of fused-ring (bicyclic) bond motifs is 1. The first kappa shape index (κ1) is 15.6. The van der Waals surface area contributed by atoms with E-state index in [1.54, 1.807) is 11.8 Å². The van der Waals surface area contributed by atoms with Gasteiger partial charge in [0.2, 0.25) is 0 Å². The molecule has 1 aliphatic carbocycles. The quantitative estimate of drug-likeness (QED) is 0.538. The first-order valence-corrected chi connectivity index (χ1v) is 8.83. The van der Waals surface area contributed by atoms with Gasteiger partial charge in [0.25, 0.3) is 0 Å². The van der Waals surface area contributed by atoms with Gasteiger partial charge in [-0.05, 0) is 68.9 Å². The summed E-state index contributed by atoms with van der Waals surface area (Å²) in [5.74, 6) is 1.35. The summed E-state index contributed by atoms with van der Waals surface area (Å²) in [7, 11) is 0. The van der Waals surface area contributed by atoms with Crippen LogP contribution in [0.5, 0.6) is 0 Å². The van der Waals surface area contributed by atoms with Crippen LogP contribution in [0.2, 0.25) is 0 Å². The van der Waals surface area contributed by atoms with Crippen LogP contribution in [0.3, 0.4) is 0 Å². The standard InChI is InChI=1S/C18H26OS/c1-4-5-12-20-18(2,3)17(19)16-11-10-14-8-6-7-9-15(14)13-16/h10-11,13H,4-9,12H2,1-3H3. The van der Waals surface area contributed by atoms with E-state index in [0.29, 0.717) is 0 Å². The number of ketones is 1. The van der Waals surface area contributed by atoms with Crippen LogP contribution < -0.4 is 0 Å². The second-order valence-corrected chi connectivity index (χ2v) is 7.95. The van der Waals surface area contributed by atoms with Crippen molar-refractivity contribution >= 4 is 17.5 Å². The Bertz CT molecular complexity index is 476. The maximum absolute atomic E-state index is 12.7. The molecule has 0 amide bonds. The lowest BCUT2D eigenvalue weighted by Gasteiger charge is -2.24. The predicted octanol–water partition coefficient (Wildman–Crippen LogP) is 5.06.